The molecule has 1 aromatic rings. The van der Waals surface area contributed by atoms with Crippen LogP contribution in [0.4, 0.5) is 11.4 Å². The molecule has 1 unspecified atom stereocenters. The smallest absolute Gasteiger partial charge is 0.275 e. The highest BCUT2D eigenvalue weighted by Gasteiger charge is 2.31. The average Bonchev–Trinajstić information content (AvgIpc) is 2.78. The zero-order chi connectivity index (χ0) is 15.8. The van der Waals surface area contributed by atoms with Crippen molar-refractivity contribution in [2.24, 2.45) is 5.92 Å². The molecule has 5 nitrogen and oxygen atoms in total. The van der Waals surface area contributed by atoms with E-state index in [1.54, 1.807) is 23.1 Å². The Morgan fingerprint density at radius 1 is 1.43 bits per heavy atom. The van der Waals surface area contributed by atoms with Gasteiger partial charge in [0.1, 0.15) is 0 Å². The van der Waals surface area contributed by atoms with Crippen LogP contribution >= 0.6 is 0 Å². The summed E-state index contributed by atoms with van der Waals surface area (Å²) in [6.07, 6.45) is 2.17. The Morgan fingerprint density at radius 2 is 2.10 bits per heavy atom. The van der Waals surface area contributed by atoms with Gasteiger partial charge in [0.15, 0.2) is 0 Å². The molecule has 0 saturated carbocycles. The standard InChI is InChI=1S/C16H20N2O3/c1-5-11-8-15(19)17(10-11)12-6-7-13(16(2,3)4)14(9-12)18(20)21/h5-7,9,11H,1,8,10H2,2-4H3. The van der Waals surface area contributed by atoms with Gasteiger partial charge in [-0.1, -0.05) is 26.8 Å². The molecular weight excluding hydrogens is 268 g/mol. The second-order valence-electron chi connectivity index (χ2n) is 6.41. The topological polar surface area (TPSA) is 63.5 Å². The number of nitro benzene ring substituents is 1. The number of hydrogen-bond acceptors (Lipinski definition) is 3. The molecule has 1 aliphatic heterocycles. The first-order valence-electron chi connectivity index (χ1n) is 6.96. The normalized spacial score (nSPS) is 18.9. The molecule has 2 rings (SSSR count). The van der Waals surface area contributed by atoms with Gasteiger partial charge in [-0.3, -0.25) is 14.9 Å². The van der Waals surface area contributed by atoms with Gasteiger partial charge in [0.2, 0.25) is 5.91 Å². The van der Waals surface area contributed by atoms with E-state index < -0.39 is 0 Å². The van der Waals surface area contributed by atoms with E-state index in [0.717, 1.165) is 0 Å². The number of anilines is 1. The van der Waals surface area contributed by atoms with Crippen molar-refractivity contribution in [1.29, 1.82) is 0 Å². The van der Waals surface area contributed by atoms with Gasteiger partial charge in [-0.05, 0) is 17.5 Å². The van der Waals surface area contributed by atoms with Crippen LogP contribution in [0.5, 0.6) is 0 Å². The molecule has 0 aromatic heterocycles. The number of carbonyl (C=O) groups excluding carboxylic acids is 1. The number of rotatable bonds is 3. The molecule has 1 aliphatic rings. The summed E-state index contributed by atoms with van der Waals surface area (Å²) in [5.41, 5.74) is 1.00. The van der Waals surface area contributed by atoms with Crippen LogP contribution in [-0.2, 0) is 10.2 Å². The minimum Gasteiger partial charge on any atom is -0.312 e. The lowest BCUT2D eigenvalue weighted by atomic mass is 9.85. The van der Waals surface area contributed by atoms with Crippen LogP contribution in [-0.4, -0.2) is 17.4 Å². The Hall–Kier alpha value is -2.17. The molecular formula is C16H20N2O3. The maximum absolute atomic E-state index is 12.0. The van der Waals surface area contributed by atoms with E-state index in [2.05, 4.69) is 6.58 Å². The van der Waals surface area contributed by atoms with E-state index in [4.69, 9.17) is 0 Å². The molecule has 1 atom stereocenters. The maximum Gasteiger partial charge on any atom is 0.275 e. The Bertz CT molecular complexity index is 602. The number of carbonyl (C=O) groups is 1. The van der Waals surface area contributed by atoms with E-state index in [1.807, 2.05) is 20.8 Å². The van der Waals surface area contributed by atoms with E-state index in [1.165, 1.54) is 6.07 Å². The summed E-state index contributed by atoms with van der Waals surface area (Å²) in [4.78, 5) is 24.6. The summed E-state index contributed by atoms with van der Waals surface area (Å²) in [5, 5.41) is 11.3. The molecule has 0 aliphatic carbocycles. The summed E-state index contributed by atoms with van der Waals surface area (Å²) < 4.78 is 0. The van der Waals surface area contributed by atoms with Gasteiger partial charge in [-0.15, -0.1) is 6.58 Å². The first-order valence-corrected chi connectivity index (χ1v) is 6.96. The number of nitro groups is 1. The lowest BCUT2D eigenvalue weighted by molar-refractivity contribution is -0.385. The second-order valence-corrected chi connectivity index (χ2v) is 6.41. The van der Waals surface area contributed by atoms with Crippen molar-refractivity contribution in [3.05, 3.63) is 46.5 Å². The van der Waals surface area contributed by atoms with Crippen LogP contribution in [0.15, 0.2) is 30.9 Å². The SMILES string of the molecule is C=CC1CC(=O)N(c2ccc(C(C)(C)C)c([N+](=O)[O-])c2)C1. The molecule has 1 aromatic carbocycles. The fourth-order valence-corrected chi connectivity index (χ4v) is 2.62. The van der Waals surface area contributed by atoms with Gasteiger partial charge in [-0.2, -0.15) is 0 Å². The summed E-state index contributed by atoms with van der Waals surface area (Å²) in [7, 11) is 0. The predicted molar refractivity (Wildman–Crippen MR) is 82.5 cm³/mol. The van der Waals surface area contributed by atoms with Crippen molar-refractivity contribution >= 4 is 17.3 Å². The Kier molecular flexibility index (Phi) is 3.85. The molecule has 21 heavy (non-hydrogen) atoms. The van der Waals surface area contributed by atoms with Crippen molar-refractivity contribution in [2.75, 3.05) is 11.4 Å². The van der Waals surface area contributed by atoms with Crippen LogP contribution in [0.3, 0.4) is 0 Å². The number of amides is 1. The first-order chi connectivity index (χ1) is 9.74. The number of nitrogens with zero attached hydrogens (tertiary/aromatic N) is 2. The predicted octanol–water partition coefficient (Wildman–Crippen LogP) is 3.43. The Morgan fingerprint density at radius 3 is 2.57 bits per heavy atom. The molecule has 112 valence electrons. The van der Waals surface area contributed by atoms with Crippen LogP contribution in [0.1, 0.15) is 32.8 Å². The van der Waals surface area contributed by atoms with E-state index in [9.17, 15) is 14.9 Å². The van der Waals surface area contributed by atoms with Gasteiger partial charge < -0.3 is 4.90 Å². The third kappa shape index (κ3) is 2.96. The summed E-state index contributed by atoms with van der Waals surface area (Å²) in [6, 6.07) is 5.04. The second kappa shape index (κ2) is 5.31. The molecule has 0 radical (unpaired) electrons. The van der Waals surface area contributed by atoms with Gasteiger partial charge in [0.05, 0.1) is 10.6 Å². The molecule has 1 heterocycles. The van der Waals surface area contributed by atoms with Crippen LogP contribution in [0.25, 0.3) is 0 Å². The Labute approximate surface area is 124 Å². The average molecular weight is 288 g/mol. The molecule has 0 N–H and O–H groups in total. The fraction of sp³-hybridized carbons (Fsp3) is 0.438. The molecule has 0 spiro atoms. The van der Waals surface area contributed by atoms with Gasteiger partial charge in [0, 0.05) is 30.5 Å². The van der Waals surface area contributed by atoms with Crippen molar-refractivity contribution < 1.29 is 9.72 Å². The highest BCUT2D eigenvalue weighted by molar-refractivity contribution is 5.96. The largest absolute Gasteiger partial charge is 0.312 e. The first kappa shape index (κ1) is 15.2. The summed E-state index contributed by atoms with van der Waals surface area (Å²) in [5.74, 6) is 0.0940. The van der Waals surface area contributed by atoms with Crippen LogP contribution in [0.2, 0.25) is 0 Å². The van der Waals surface area contributed by atoms with Crippen molar-refractivity contribution in [3.8, 4) is 0 Å². The van der Waals surface area contributed by atoms with E-state index >= 15 is 0 Å². The highest BCUT2D eigenvalue weighted by Crippen LogP contribution is 2.35. The van der Waals surface area contributed by atoms with Gasteiger partial charge in [-0.25, -0.2) is 0 Å². The van der Waals surface area contributed by atoms with Gasteiger partial charge in [0.25, 0.3) is 5.69 Å². The summed E-state index contributed by atoms with van der Waals surface area (Å²) in [6.45, 7) is 10.0. The van der Waals surface area contributed by atoms with Crippen molar-refractivity contribution in [2.45, 2.75) is 32.6 Å². The van der Waals surface area contributed by atoms with Crippen LogP contribution in [0, 0.1) is 16.0 Å². The number of hydrogen-bond donors (Lipinski definition) is 0. The monoisotopic (exact) mass is 288 g/mol. The van der Waals surface area contributed by atoms with Gasteiger partial charge >= 0.3 is 0 Å². The zero-order valence-electron chi connectivity index (χ0n) is 12.6. The molecule has 1 fully saturated rings. The zero-order valence-corrected chi connectivity index (χ0v) is 12.6. The van der Waals surface area contributed by atoms with E-state index in [-0.39, 0.29) is 27.9 Å². The van der Waals surface area contributed by atoms with Crippen LogP contribution < -0.4 is 4.90 Å². The molecule has 0 bridgehead atoms. The molecule has 1 saturated heterocycles. The van der Waals surface area contributed by atoms with E-state index in [0.29, 0.717) is 24.2 Å². The molecule has 1 amide bonds. The number of benzene rings is 1. The lowest BCUT2D eigenvalue weighted by Crippen LogP contribution is -2.25. The maximum atomic E-state index is 12.0. The summed E-state index contributed by atoms with van der Waals surface area (Å²) >= 11 is 0. The quantitative estimate of drug-likeness (QED) is 0.486. The third-order valence-electron chi connectivity index (χ3n) is 3.79. The fourth-order valence-electron chi connectivity index (χ4n) is 2.62. The Balaban J connectivity index is 2.44. The minimum atomic E-state index is -0.379. The van der Waals surface area contributed by atoms with Crippen molar-refractivity contribution in [3.63, 3.8) is 0 Å². The third-order valence-corrected chi connectivity index (χ3v) is 3.79. The van der Waals surface area contributed by atoms with Crippen molar-refractivity contribution in [1.82, 2.24) is 0 Å². The molecule has 5 heteroatoms. The highest BCUT2D eigenvalue weighted by atomic mass is 16.6. The lowest BCUT2D eigenvalue weighted by Gasteiger charge is -2.21. The minimum absolute atomic E-state index is 0.0160.